The molecule has 1 atom stereocenters. The second kappa shape index (κ2) is 4.76. The Morgan fingerprint density at radius 3 is 3.09 bits per heavy atom. The van der Waals surface area contributed by atoms with Crippen LogP contribution >= 0.6 is 20.7 Å². The average molecular weight is 267 g/mol. The predicted octanol–water partition coefficient (Wildman–Crippen LogP) is 0.157. The molecule has 0 aliphatic carbocycles. The molecule has 3 nitrogen and oxygen atoms in total. The van der Waals surface area contributed by atoms with Crippen LogP contribution < -0.4 is 5.23 Å². The van der Waals surface area contributed by atoms with Crippen molar-refractivity contribution in [2.24, 2.45) is 0 Å². The van der Waals surface area contributed by atoms with Gasteiger partial charge in [-0.2, -0.15) is 4.84 Å². The third-order valence-electron chi connectivity index (χ3n) is 1.10. The van der Waals surface area contributed by atoms with E-state index in [1.807, 2.05) is 12.2 Å². The van der Waals surface area contributed by atoms with Crippen LogP contribution in [0.2, 0.25) is 0 Å². The Labute approximate surface area is 75.6 Å². The maximum Gasteiger partial charge on any atom is 0.132 e. The number of hydrogen-bond acceptors (Lipinski definition) is 2. The topological polar surface area (TPSA) is 36.7 Å². The third-order valence-corrected chi connectivity index (χ3v) is 3.09. The largest absolute Gasteiger partial charge is 0.600 e. The fourth-order valence-corrected chi connectivity index (χ4v) is 2.12. The Morgan fingerprint density at radius 1 is 1.73 bits per heavy atom. The lowest BCUT2D eigenvalue weighted by molar-refractivity contribution is -1.03. The van der Waals surface area contributed by atoms with E-state index in [1.54, 1.807) is 0 Å². The first-order valence-electron chi connectivity index (χ1n) is 3.23. The minimum Gasteiger partial charge on any atom is -0.600 e. The predicted molar refractivity (Wildman–Crippen MR) is 53.5 cm³/mol. The molecule has 1 unspecified atom stereocenters. The van der Waals surface area contributed by atoms with E-state index in [0.29, 0.717) is 6.61 Å². The zero-order valence-corrected chi connectivity index (χ0v) is 8.37. The van der Waals surface area contributed by atoms with Crippen molar-refractivity contribution in [2.45, 2.75) is 0 Å². The summed E-state index contributed by atoms with van der Waals surface area (Å²) in [6.45, 7) is 0.430. The Balaban J connectivity index is 2.33. The quantitative estimate of drug-likeness (QED) is 0.584. The highest BCUT2D eigenvalue weighted by atomic mass is 127. The molecule has 1 aliphatic rings. The number of rotatable bonds is 3. The minimum absolute atomic E-state index is 0.0770. The summed E-state index contributed by atoms with van der Waals surface area (Å²) >= 11 is 0.0770. The van der Waals surface area contributed by atoms with Gasteiger partial charge in [0, 0.05) is 0 Å². The van der Waals surface area contributed by atoms with Gasteiger partial charge in [0.25, 0.3) is 0 Å². The van der Waals surface area contributed by atoms with Crippen LogP contribution in [-0.2, 0) is 4.84 Å². The number of halogens is 1. The van der Waals surface area contributed by atoms with Crippen molar-refractivity contribution in [2.75, 3.05) is 13.7 Å². The highest BCUT2D eigenvalue weighted by molar-refractivity contribution is 14.2. The zero-order chi connectivity index (χ0) is 8.10. The molecule has 0 spiro atoms. The molecule has 1 rings (SSSR count). The summed E-state index contributed by atoms with van der Waals surface area (Å²) in [4.78, 5) is 4.83. The lowest BCUT2D eigenvalue weighted by atomic mass is 10.3. The number of nitrogens with one attached hydrogen (secondary N) is 1. The molecule has 0 radical (unpaired) electrons. The maximum absolute atomic E-state index is 10.4. The van der Waals surface area contributed by atoms with Gasteiger partial charge in [-0.15, -0.1) is 0 Å². The van der Waals surface area contributed by atoms with E-state index >= 15 is 0 Å². The zero-order valence-electron chi connectivity index (χ0n) is 6.21. The van der Waals surface area contributed by atoms with Crippen molar-refractivity contribution >= 4 is 24.7 Å². The number of hydroxylamine groups is 2. The molecule has 0 saturated carbocycles. The molecule has 62 valence electrons. The van der Waals surface area contributed by atoms with Gasteiger partial charge in [-0.1, -0.05) is 32.9 Å². The van der Waals surface area contributed by atoms with Gasteiger partial charge in [0.2, 0.25) is 0 Å². The van der Waals surface area contributed by atoms with E-state index in [0.717, 1.165) is 5.57 Å². The van der Waals surface area contributed by atoms with E-state index < -0.39 is 0 Å². The van der Waals surface area contributed by atoms with E-state index in [9.17, 15) is 5.21 Å². The van der Waals surface area contributed by atoms with Crippen LogP contribution in [0.3, 0.4) is 0 Å². The number of hydrogen-bond donors (Lipinski definition) is 1. The highest BCUT2D eigenvalue weighted by Crippen LogP contribution is 2.10. The molecule has 1 N–H and O–H groups in total. The van der Waals surface area contributed by atoms with Crippen molar-refractivity contribution in [3.8, 4) is 0 Å². The van der Waals surface area contributed by atoms with E-state index in [4.69, 9.17) is 4.84 Å². The van der Waals surface area contributed by atoms with Gasteiger partial charge < -0.3 is 5.21 Å². The van der Waals surface area contributed by atoms with Crippen LogP contribution in [0.25, 0.3) is 0 Å². The van der Waals surface area contributed by atoms with Crippen molar-refractivity contribution in [3.63, 3.8) is 0 Å². The summed E-state index contributed by atoms with van der Waals surface area (Å²) in [5.74, 6) is 0. The van der Waals surface area contributed by atoms with Gasteiger partial charge in [-0.3, -0.25) is 0 Å². The molecule has 0 aromatic carbocycles. The standard InChI is InChI=1S/C7H10INO2/c1-9(10)11-6-7-3-2-4-8-5-7/h2-5,9H,6H2,1H3. The Hall–Kier alpha value is -0.0400. The molecule has 0 saturated heterocycles. The number of quaternary nitrogens is 1. The van der Waals surface area contributed by atoms with E-state index in [2.05, 4.69) is 8.09 Å². The Kier molecular flexibility index (Phi) is 3.92. The summed E-state index contributed by atoms with van der Waals surface area (Å²) in [6.07, 6.45) is 4.00. The molecule has 0 amide bonds. The first kappa shape index (κ1) is 9.05. The fraction of sp³-hybridized carbons (Fsp3) is 0.286. The Morgan fingerprint density at radius 2 is 2.55 bits per heavy atom. The van der Waals surface area contributed by atoms with Crippen molar-refractivity contribution in [1.82, 2.24) is 0 Å². The smallest absolute Gasteiger partial charge is 0.132 e. The molecule has 1 heterocycles. The van der Waals surface area contributed by atoms with Crippen LogP contribution in [0.4, 0.5) is 0 Å². The second-order valence-corrected chi connectivity index (χ2v) is 4.14. The summed E-state index contributed by atoms with van der Waals surface area (Å²) in [5.41, 5.74) is 1.12. The van der Waals surface area contributed by atoms with Gasteiger partial charge in [-0.25, -0.2) is 5.23 Å². The van der Waals surface area contributed by atoms with Crippen LogP contribution in [0, 0.1) is 5.21 Å². The molecule has 0 bridgehead atoms. The molecule has 1 aliphatic heterocycles. The van der Waals surface area contributed by atoms with Crippen molar-refractivity contribution in [3.05, 3.63) is 27.0 Å². The minimum atomic E-state index is -0.216. The van der Waals surface area contributed by atoms with Crippen molar-refractivity contribution < 1.29 is 10.1 Å². The molecule has 4 heteroatoms. The van der Waals surface area contributed by atoms with Gasteiger partial charge in [-0.05, 0) is 13.7 Å². The van der Waals surface area contributed by atoms with Crippen LogP contribution in [0.1, 0.15) is 0 Å². The Bertz CT molecular complexity index is 208. The van der Waals surface area contributed by atoms with Crippen LogP contribution in [0.15, 0.2) is 21.8 Å². The van der Waals surface area contributed by atoms with E-state index in [-0.39, 0.29) is 26.0 Å². The maximum atomic E-state index is 10.4. The summed E-state index contributed by atoms with van der Waals surface area (Å²) in [5, 5.41) is 10.2. The van der Waals surface area contributed by atoms with Crippen LogP contribution in [0.5, 0.6) is 0 Å². The van der Waals surface area contributed by atoms with Gasteiger partial charge in [0.05, 0.1) is 7.05 Å². The summed E-state index contributed by atoms with van der Waals surface area (Å²) in [7, 11) is 1.42. The second-order valence-electron chi connectivity index (χ2n) is 2.08. The molecule has 0 aromatic heterocycles. The SMILES string of the molecule is C[NH+]([O-])OCC1=CI=CC=C1. The van der Waals surface area contributed by atoms with Gasteiger partial charge in [0.15, 0.2) is 0 Å². The normalized spacial score (nSPS) is 18.9. The average Bonchev–Trinajstić information content (AvgIpc) is 2.03. The molecular formula is C7H10INO2. The number of allylic oxidation sites excluding steroid dienone is 1. The van der Waals surface area contributed by atoms with E-state index in [1.165, 1.54) is 7.05 Å². The molecular weight excluding hydrogens is 257 g/mol. The third kappa shape index (κ3) is 3.76. The molecule has 0 fully saturated rings. The van der Waals surface area contributed by atoms with Gasteiger partial charge >= 0.3 is 0 Å². The molecule has 0 aromatic rings. The fourth-order valence-electron chi connectivity index (χ4n) is 0.620. The van der Waals surface area contributed by atoms with Crippen LogP contribution in [-0.4, -0.2) is 17.7 Å². The van der Waals surface area contributed by atoms with Gasteiger partial charge in [0.1, 0.15) is 6.61 Å². The first-order valence-corrected chi connectivity index (χ1v) is 5.72. The summed E-state index contributed by atoms with van der Waals surface area (Å²) in [6, 6.07) is 0. The summed E-state index contributed by atoms with van der Waals surface area (Å²) < 4.78 is 4.32. The lowest BCUT2D eigenvalue weighted by Crippen LogP contribution is -3.02. The highest BCUT2D eigenvalue weighted by Gasteiger charge is 1.96. The van der Waals surface area contributed by atoms with Crippen molar-refractivity contribution in [1.29, 1.82) is 0 Å². The molecule has 11 heavy (non-hydrogen) atoms. The first-order chi connectivity index (χ1) is 5.29. The monoisotopic (exact) mass is 267 g/mol. The lowest BCUT2D eigenvalue weighted by Gasteiger charge is -2.13.